The van der Waals surface area contributed by atoms with Crippen LogP contribution in [-0.4, -0.2) is 150 Å². The first-order chi connectivity index (χ1) is 38.5. The fourth-order valence-electron chi connectivity index (χ4n) is 14.2. The van der Waals surface area contributed by atoms with Crippen LogP contribution in [0.2, 0.25) is 0 Å². The van der Waals surface area contributed by atoms with Gasteiger partial charge in [0.15, 0.2) is 5.82 Å². The minimum absolute atomic E-state index is 0.0172. The Morgan fingerprint density at radius 3 is 2.44 bits per heavy atom. The molecule has 80 heavy (non-hydrogen) atoms. The number of imidazole rings is 1. The number of ether oxygens (including phenoxy) is 2. The molecule has 4 atom stereocenters. The molecule has 0 saturated carbocycles. The molecule has 9 heterocycles. The van der Waals surface area contributed by atoms with Gasteiger partial charge in [0.25, 0.3) is 0 Å². The number of imide groups is 1. The van der Waals surface area contributed by atoms with Crippen molar-refractivity contribution in [3.63, 3.8) is 0 Å². The van der Waals surface area contributed by atoms with Crippen molar-refractivity contribution in [2.24, 2.45) is 13.0 Å². The standard InChI is InChI=1S/C59H69F3N10O8/c1-4-39-43(60)8-7-36-25-38(73)26-41(49(36)39)51-50(62)52-42(29-63-51)53(70-19-5-16-58(2,78)32-70)66-55(65-52)80-33-59-17-6-20-71(59)37(11-18-59)31-79-57(77)69-23-12-34(13-24-69)30-68-21-14-35(15-22-68)40-27-46-47(28-44(40)61)72(56(76)67(46)3)45-9-10-48(74)64-54(45)75/h7-8,25-29,34-35,37,45,73,78H,4-6,9-24,30-33H2,1-3H3,(H,64,74,75)/t37-,45?,58-,59+/m1/s1. The first-order valence-corrected chi connectivity index (χ1v) is 28.5. The zero-order valence-electron chi connectivity index (χ0n) is 45.6. The van der Waals surface area contributed by atoms with Crippen molar-refractivity contribution in [2.45, 2.75) is 126 Å². The number of β-amino-alcohol motifs (C(OH)–C–C–N with tert-alkyl or cyclic N) is 1. The summed E-state index contributed by atoms with van der Waals surface area (Å²) in [4.78, 5) is 74.1. The van der Waals surface area contributed by atoms with Crippen LogP contribution in [0.3, 0.4) is 0 Å². The van der Waals surface area contributed by atoms with E-state index >= 15 is 13.2 Å². The summed E-state index contributed by atoms with van der Waals surface area (Å²) in [5.41, 5.74) is 0.109. The van der Waals surface area contributed by atoms with Gasteiger partial charge in [0.1, 0.15) is 53.7 Å². The van der Waals surface area contributed by atoms with Gasteiger partial charge in [-0.15, -0.1) is 0 Å². The number of carbonyl (C=O) groups is 3. The van der Waals surface area contributed by atoms with Gasteiger partial charge >= 0.3 is 17.8 Å². The monoisotopic (exact) mass is 1100 g/mol. The van der Waals surface area contributed by atoms with Crippen molar-refractivity contribution in [3.8, 4) is 23.0 Å². The molecule has 6 fully saturated rings. The molecule has 18 nitrogen and oxygen atoms in total. The minimum atomic E-state index is -1.01. The molecule has 12 rings (SSSR count). The molecule has 6 aliphatic heterocycles. The third-order valence-corrected chi connectivity index (χ3v) is 18.4. The second-order valence-corrected chi connectivity index (χ2v) is 23.6. The number of rotatable bonds is 12. The van der Waals surface area contributed by atoms with E-state index in [-0.39, 0.29) is 90.6 Å². The van der Waals surface area contributed by atoms with Crippen molar-refractivity contribution in [1.29, 1.82) is 0 Å². The molecule has 6 aromatic rings. The highest BCUT2D eigenvalue weighted by molar-refractivity contribution is 6.02. The summed E-state index contributed by atoms with van der Waals surface area (Å²) >= 11 is 0. The molecule has 3 aromatic carbocycles. The molecule has 3 amide bonds. The molecule has 0 bridgehead atoms. The zero-order chi connectivity index (χ0) is 55.8. The van der Waals surface area contributed by atoms with Crippen LogP contribution in [-0.2, 0) is 27.8 Å². The van der Waals surface area contributed by atoms with Crippen LogP contribution in [0.25, 0.3) is 44.0 Å². The lowest BCUT2D eigenvalue weighted by Gasteiger charge is -2.38. The van der Waals surface area contributed by atoms with Crippen LogP contribution in [0.4, 0.5) is 23.8 Å². The van der Waals surface area contributed by atoms with Crippen molar-refractivity contribution in [3.05, 3.63) is 81.7 Å². The number of pyridine rings is 1. The van der Waals surface area contributed by atoms with Gasteiger partial charge in [-0.3, -0.25) is 33.9 Å². The minimum Gasteiger partial charge on any atom is -0.508 e. The fourth-order valence-corrected chi connectivity index (χ4v) is 14.2. The molecule has 0 aliphatic carbocycles. The van der Waals surface area contributed by atoms with E-state index in [0.717, 1.165) is 77.5 Å². The van der Waals surface area contributed by atoms with Crippen LogP contribution in [0.1, 0.15) is 114 Å². The maximum atomic E-state index is 17.3. The van der Waals surface area contributed by atoms with Gasteiger partial charge in [-0.05, 0) is 162 Å². The van der Waals surface area contributed by atoms with E-state index in [4.69, 9.17) is 19.4 Å². The van der Waals surface area contributed by atoms with Crippen LogP contribution >= 0.6 is 0 Å². The van der Waals surface area contributed by atoms with Gasteiger partial charge in [-0.2, -0.15) is 9.97 Å². The van der Waals surface area contributed by atoms with E-state index in [9.17, 15) is 29.4 Å². The number of phenolic OH excluding ortho intramolecular Hbond substituents is 1. The first kappa shape index (κ1) is 53.8. The second kappa shape index (κ2) is 21.2. The maximum Gasteiger partial charge on any atom is 0.409 e. The van der Waals surface area contributed by atoms with E-state index in [2.05, 4.69) is 20.1 Å². The van der Waals surface area contributed by atoms with E-state index in [0.29, 0.717) is 89.0 Å². The summed E-state index contributed by atoms with van der Waals surface area (Å²) in [7, 11) is 1.62. The van der Waals surface area contributed by atoms with Gasteiger partial charge < -0.3 is 34.4 Å². The van der Waals surface area contributed by atoms with Gasteiger partial charge in [-0.25, -0.2) is 22.8 Å². The molecule has 6 aliphatic rings. The number of hydrogen-bond acceptors (Lipinski definition) is 14. The molecule has 21 heteroatoms. The molecule has 0 radical (unpaired) electrons. The van der Waals surface area contributed by atoms with Crippen LogP contribution < -0.4 is 20.6 Å². The average Bonchev–Trinajstić information content (AvgIpc) is 4.16. The normalized spacial score (nSPS) is 24.6. The summed E-state index contributed by atoms with van der Waals surface area (Å²) in [6.45, 7) is 9.33. The third kappa shape index (κ3) is 9.89. The van der Waals surface area contributed by atoms with Gasteiger partial charge in [0, 0.05) is 70.1 Å². The Hall–Kier alpha value is -6.84. The molecule has 1 unspecified atom stereocenters. The van der Waals surface area contributed by atoms with E-state index in [1.54, 1.807) is 31.0 Å². The SMILES string of the molecule is CCc1c(F)ccc2cc(O)cc(-c3ncc4c(N5CCC[C@@](C)(O)C5)nc(OC[C@@]56CCCN5[C@@H](COC(=O)N5CCC(CN7CCC(c8cc9c(cc8F)n(C8CCC(=O)NC8=O)c(=O)n9C)CC7)CC5)CC6)nc4c3F)c12. The predicted molar refractivity (Wildman–Crippen MR) is 293 cm³/mol. The Kier molecular flexibility index (Phi) is 14.3. The van der Waals surface area contributed by atoms with Crippen molar-refractivity contribution >= 4 is 56.4 Å². The van der Waals surface area contributed by atoms with E-state index < -0.39 is 40.7 Å². The number of aromatic nitrogens is 5. The maximum absolute atomic E-state index is 17.3. The molecular formula is C59H69F3N10O8. The number of piperidine rings is 4. The number of amides is 3. The Morgan fingerprint density at radius 2 is 1.68 bits per heavy atom. The van der Waals surface area contributed by atoms with Gasteiger partial charge in [-0.1, -0.05) is 13.0 Å². The number of fused-ring (bicyclic) bond motifs is 4. The number of carbonyl (C=O) groups excluding carboxylic acids is 3. The third-order valence-electron chi connectivity index (χ3n) is 18.4. The Labute approximate surface area is 460 Å². The second-order valence-electron chi connectivity index (χ2n) is 23.6. The highest BCUT2D eigenvalue weighted by Gasteiger charge is 2.50. The van der Waals surface area contributed by atoms with Crippen LogP contribution in [0.15, 0.2) is 47.4 Å². The first-order valence-electron chi connectivity index (χ1n) is 28.5. The number of halogens is 3. The molecular weight excluding hydrogens is 1030 g/mol. The number of likely N-dealkylation sites (tertiary alicyclic amines) is 2. The smallest absolute Gasteiger partial charge is 0.409 e. The Bertz CT molecular complexity index is 3500. The summed E-state index contributed by atoms with van der Waals surface area (Å²) in [5, 5.41) is 25.6. The Morgan fingerprint density at radius 1 is 0.887 bits per heavy atom. The van der Waals surface area contributed by atoms with Crippen molar-refractivity contribution < 1.29 is 47.2 Å². The number of benzene rings is 3. The molecule has 6 saturated heterocycles. The average molecular weight is 1100 g/mol. The van der Waals surface area contributed by atoms with Gasteiger partial charge in [0.05, 0.1) is 27.6 Å². The summed E-state index contributed by atoms with van der Waals surface area (Å²) < 4.78 is 63.8. The number of aromatic hydroxyl groups is 1. The number of aryl methyl sites for hydroxylation is 2. The Balaban J connectivity index is 0.666. The number of phenols is 1. The number of nitrogens with one attached hydrogen (secondary N) is 1. The van der Waals surface area contributed by atoms with Gasteiger partial charge in [0.2, 0.25) is 11.8 Å². The zero-order valence-corrected chi connectivity index (χ0v) is 45.6. The predicted octanol–water partition coefficient (Wildman–Crippen LogP) is 7.62. The summed E-state index contributed by atoms with van der Waals surface area (Å²) in [6, 6.07) is 8.01. The van der Waals surface area contributed by atoms with E-state index in [1.807, 2.05) is 11.8 Å². The quantitative estimate of drug-likeness (QED) is 0.101. The lowest BCUT2D eigenvalue weighted by molar-refractivity contribution is -0.135. The molecule has 0 spiro atoms. The number of hydrogen-bond donors (Lipinski definition) is 3. The number of nitrogens with zero attached hydrogens (tertiary/aromatic N) is 9. The molecule has 424 valence electrons. The summed E-state index contributed by atoms with van der Waals surface area (Å²) in [5.74, 6) is -1.92. The topological polar surface area (TPSA) is 201 Å². The van der Waals surface area contributed by atoms with Crippen molar-refractivity contribution in [2.75, 3.05) is 70.5 Å². The number of aliphatic hydroxyl groups is 1. The highest BCUT2D eigenvalue weighted by atomic mass is 19.1. The van der Waals surface area contributed by atoms with Crippen LogP contribution in [0, 0.1) is 23.4 Å². The fraction of sp³-hybridized carbons (Fsp3) is 0.542. The largest absolute Gasteiger partial charge is 0.508 e. The number of anilines is 1. The van der Waals surface area contributed by atoms with Crippen LogP contribution in [0.5, 0.6) is 11.8 Å². The molecule has 3 aromatic heterocycles. The highest BCUT2D eigenvalue weighted by Crippen LogP contribution is 2.44. The van der Waals surface area contributed by atoms with Crippen molar-refractivity contribution in [1.82, 2.24) is 44.1 Å². The molecule has 3 N–H and O–H groups in total. The van der Waals surface area contributed by atoms with E-state index in [1.165, 1.54) is 39.6 Å². The lowest BCUT2D eigenvalue weighted by Crippen LogP contribution is -2.49. The summed E-state index contributed by atoms with van der Waals surface area (Å²) in [6.07, 6.45) is 9.63. The lowest BCUT2D eigenvalue weighted by atomic mass is 9.87.